The average Bonchev–Trinajstić information content (AvgIpc) is 2.58. The molecule has 3 unspecified atom stereocenters. The molecular weight excluding hydrogens is 236 g/mol. The van der Waals surface area contributed by atoms with Crippen molar-refractivity contribution in [1.82, 2.24) is 10.2 Å². The Balaban J connectivity index is 2.73. The van der Waals surface area contributed by atoms with Crippen LogP contribution in [0.3, 0.4) is 0 Å². The Morgan fingerprint density at radius 1 is 1.21 bits per heavy atom. The Hall–Kier alpha value is -0.570. The lowest BCUT2D eigenvalue weighted by molar-refractivity contribution is -0.131. The van der Waals surface area contributed by atoms with E-state index in [-0.39, 0.29) is 17.6 Å². The van der Waals surface area contributed by atoms with Crippen molar-refractivity contribution in [1.29, 1.82) is 0 Å². The Labute approximate surface area is 119 Å². The number of carbonyl (C=O) groups is 1. The van der Waals surface area contributed by atoms with Gasteiger partial charge in [0.25, 0.3) is 0 Å². The van der Waals surface area contributed by atoms with E-state index in [1.54, 1.807) is 0 Å². The van der Waals surface area contributed by atoms with Crippen molar-refractivity contribution in [2.24, 2.45) is 11.3 Å². The van der Waals surface area contributed by atoms with Crippen LogP contribution in [0.4, 0.5) is 0 Å². The molecule has 0 aliphatic carbocycles. The van der Waals surface area contributed by atoms with Gasteiger partial charge in [0.2, 0.25) is 5.91 Å². The molecule has 0 aromatic carbocycles. The van der Waals surface area contributed by atoms with Gasteiger partial charge >= 0.3 is 0 Å². The van der Waals surface area contributed by atoms with Gasteiger partial charge in [-0.2, -0.15) is 0 Å². The van der Waals surface area contributed by atoms with Crippen LogP contribution in [-0.4, -0.2) is 29.6 Å². The fourth-order valence-corrected chi connectivity index (χ4v) is 2.54. The van der Waals surface area contributed by atoms with Crippen molar-refractivity contribution in [2.75, 3.05) is 6.54 Å². The molecule has 1 saturated heterocycles. The van der Waals surface area contributed by atoms with E-state index < -0.39 is 0 Å². The van der Waals surface area contributed by atoms with Gasteiger partial charge in [0.05, 0.1) is 12.2 Å². The Morgan fingerprint density at radius 3 is 2.26 bits per heavy atom. The summed E-state index contributed by atoms with van der Waals surface area (Å²) in [5.74, 6) is 0.828. The molecule has 1 amide bonds. The van der Waals surface area contributed by atoms with Crippen molar-refractivity contribution < 1.29 is 4.79 Å². The highest BCUT2D eigenvalue weighted by atomic mass is 16.2. The largest absolute Gasteiger partial charge is 0.326 e. The molecular formula is C16H32N2O. The zero-order valence-electron chi connectivity index (χ0n) is 13.6. The van der Waals surface area contributed by atoms with Crippen LogP contribution in [0.5, 0.6) is 0 Å². The number of nitrogens with zero attached hydrogens (tertiary/aromatic N) is 1. The molecule has 1 heterocycles. The minimum Gasteiger partial charge on any atom is -0.326 e. The third-order valence-electron chi connectivity index (χ3n) is 4.44. The van der Waals surface area contributed by atoms with E-state index in [4.69, 9.17) is 0 Å². The number of rotatable bonds is 6. The summed E-state index contributed by atoms with van der Waals surface area (Å²) in [7, 11) is 0. The molecule has 112 valence electrons. The molecule has 3 nitrogen and oxygen atoms in total. The van der Waals surface area contributed by atoms with Gasteiger partial charge in [-0.15, -0.1) is 0 Å². The summed E-state index contributed by atoms with van der Waals surface area (Å²) in [5, 5.41) is 3.53. The molecule has 0 aromatic heterocycles. The molecule has 1 N–H and O–H groups in total. The Bertz CT molecular complexity index is 296. The minimum atomic E-state index is 0.0497. The van der Waals surface area contributed by atoms with E-state index in [9.17, 15) is 4.79 Å². The maximum absolute atomic E-state index is 12.5. The zero-order chi connectivity index (χ0) is 14.6. The molecule has 0 saturated carbocycles. The van der Waals surface area contributed by atoms with Crippen molar-refractivity contribution in [2.45, 2.75) is 79.4 Å². The summed E-state index contributed by atoms with van der Waals surface area (Å²) in [6, 6.07) is 0.0497. The Kier molecular flexibility index (Phi) is 5.84. The van der Waals surface area contributed by atoms with E-state index in [1.807, 2.05) is 0 Å². The zero-order valence-corrected chi connectivity index (χ0v) is 13.6. The summed E-state index contributed by atoms with van der Waals surface area (Å²) >= 11 is 0. The van der Waals surface area contributed by atoms with Crippen LogP contribution in [0.25, 0.3) is 0 Å². The van der Waals surface area contributed by atoms with Crippen LogP contribution in [0, 0.1) is 11.3 Å². The summed E-state index contributed by atoms with van der Waals surface area (Å²) < 4.78 is 0. The molecule has 3 heteroatoms. The molecule has 0 spiro atoms. The molecule has 19 heavy (non-hydrogen) atoms. The van der Waals surface area contributed by atoms with E-state index in [0.717, 1.165) is 32.2 Å². The third kappa shape index (κ3) is 4.20. The number of carbonyl (C=O) groups excluding carboxylic acids is 1. The monoisotopic (exact) mass is 268 g/mol. The normalized spacial score (nSPS) is 26.0. The average molecular weight is 268 g/mol. The van der Waals surface area contributed by atoms with Gasteiger partial charge in [0.15, 0.2) is 0 Å². The first-order valence-electron chi connectivity index (χ1n) is 7.87. The van der Waals surface area contributed by atoms with Gasteiger partial charge in [0.1, 0.15) is 0 Å². The maximum Gasteiger partial charge on any atom is 0.241 e. The SMILES string of the molecule is CCCC1NC(CCC)N(CC(C)C(C)(C)C)C1=O. The van der Waals surface area contributed by atoms with Crippen LogP contribution < -0.4 is 5.32 Å². The van der Waals surface area contributed by atoms with Gasteiger partial charge in [0, 0.05) is 6.54 Å². The predicted molar refractivity (Wildman–Crippen MR) is 80.9 cm³/mol. The van der Waals surface area contributed by atoms with Crippen molar-refractivity contribution in [3.05, 3.63) is 0 Å². The van der Waals surface area contributed by atoms with Crippen LogP contribution in [-0.2, 0) is 4.79 Å². The second-order valence-electron chi connectivity index (χ2n) is 7.07. The fourth-order valence-electron chi connectivity index (χ4n) is 2.54. The van der Waals surface area contributed by atoms with E-state index in [1.165, 1.54) is 0 Å². The van der Waals surface area contributed by atoms with Gasteiger partial charge < -0.3 is 4.90 Å². The summed E-state index contributed by atoms with van der Waals surface area (Å²) in [5.41, 5.74) is 0.250. The van der Waals surface area contributed by atoms with Gasteiger partial charge in [-0.1, -0.05) is 54.4 Å². The lowest BCUT2D eigenvalue weighted by Gasteiger charge is -2.33. The molecule has 1 fully saturated rings. The molecule has 1 aliphatic rings. The van der Waals surface area contributed by atoms with Crippen LogP contribution in [0.2, 0.25) is 0 Å². The number of nitrogens with one attached hydrogen (secondary N) is 1. The number of hydrogen-bond acceptors (Lipinski definition) is 2. The van der Waals surface area contributed by atoms with Crippen molar-refractivity contribution in [3.8, 4) is 0 Å². The van der Waals surface area contributed by atoms with E-state index in [0.29, 0.717) is 11.8 Å². The second kappa shape index (κ2) is 6.74. The second-order valence-corrected chi connectivity index (χ2v) is 7.07. The highest BCUT2D eigenvalue weighted by molar-refractivity contribution is 5.84. The van der Waals surface area contributed by atoms with Gasteiger partial charge in [-0.25, -0.2) is 0 Å². The van der Waals surface area contributed by atoms with E-state index >= 15 is 0 Å². The number of hydrogen-bond donors (Lipinski definition) is 1. The van der Waals surface area contributed by atoms with Crippen LogP contribution in [0.15, 0.2) is 0 Å². The topological polar surface area (TPSA) is 32.3 Å². The molecule has 3 atom stereocenters. The highest BCUT2D eigenvalue weighted by Gasteiger charge is 2.39. The minimum absolute atomic E-state index is 0.0497. The quantitative estimate of drug-likeness (QED) is 0.801. The first-order chi connectivity index (χ1) is 8.81. The first-order valence-corrected chi connectivity index (χ1v) is 7.87. The van der Waals surface area contributed by atoms with Crippen LogP contribution >= 0.6 is 0 Å². The third-order valence-corrected chi connectivity index (χ3v) is 4.44. The summed E-state index contributed by atoms with van der Waals surface area (Å²) in [6.07, 6.45) is 4.44. The predicted octanol–water partition coefficient (Wildman–Crippen LogP) is 3.40. The van der Waals surface area contributed by atoms with Crippen molar-refractivity contribution >= 4 is 5.91 Å². The first kappa shape index (κ1) is 16.5. The van der Waals surface area contributed by atoms with Gasteiger partial charge in [-0.3, -0.25) is 10.1 Å². The number of amides is 1. The summed E-state index contributed by atoms with van der Waals surface area (Å²) in [4.78, 5) is 14.6. The summed E-state index contributed by atoms with van der Waals surface area (Å²) in [6.45, 7) is 14.2. The lowest BCUT2D eigenvalue weighted by Crippen LogP contribution is -2.42. The van der Waals surface area contributed by atoms with Gasteiger partial charge in [-0.05, 0) is 24.2 Å². The lowest BCUT2D eigenvalue weighted by atomic mass is 9.81. The molecule has 0 bridgehead atoms. The highest BCUT2D eigenvalue weighted by Crippen LogP contribution is 2.28. The van der Waals surface area contributed by atoms with Crippen LogP contribution in [0.1, 0.15) is 67.2 Å². The molecule has 0 radical (unpaired) electrons. The van der Waals surface area contributed by atoms with Crippen molar-refractivity contribution in [3.63, 3.8) is 0 Å². The fraction of sp³-hybridized carbons (Fsp3) is 0.938. The molecule has 1 rings (SSSR count). The smallest absolute Gasteiger partial charge is 0.241 e. The molecule has 1 aliphatic heterocycles. The standard InChI is InChI=1S/C16H32N2O/c1-7-9-13-15(19)18(14(17-13)10-8-2)11-12(3)16(4,5)6/h12-14,17H,7-11H2,1-6H3. The molecule has 0 aromatic rings. The maximum atomic E-state index is 12.5. The Morgan fingerprint density at radius 2 is 1.79 bits per heavy atom. The van der Waals surface area contributed by atoms with E-state index in [2.05, 4.69) is 51.8 Å².